The molecule has 0 fully saturated rings. The topological polar surface area (TPSA) is 59.5 Å². The van der Waals surface area contributed by atoms with Crippen LogP contribution in [0, 0.1) is 5.82 Å². The van der Waals surface area contributed by atoms with E-state index in [1.807, 2.05) is 24.3 Å². The van der Waals surface area contributed by atoms with Crippen LogP contribution in [0.3, 0.4) is 0 Å². The number of hydrogen-bond acceptors (Lipinski definition) is 4. The molecule has 4 rings (SSSR count). The van der Waals surface area contributed by atoms with Crippen LogP contribution in [0.4, 0.5) is 10.1 Å². The summed E-state index contributed by atoms with van der Waals surface area (Å²) in [6.07, 6.45) is 4.04. The number of anilines is 1. The molecule has 0 N–H and O–H groups in total. The first-order valence-electron chi connectivity index (χ1n) is 8.40. The van der Waals surface area contributed by atoms with Crippen LogP contribution >= 0.6 is 0 Å². The van der Waals surface area contributed by atoms with E-state index >= 15 is 0 Å². The average Bonchev–Trinajstić information content (AvgIpc) is 3.12. The molecule has 0 bridgehead atoms. The fourth-order valence-electron chi connectivity index (χ4n) is 3.28. The lowest BCUT2D eigenvalue weighted by molar-refractivity contribution is 0.385. The Morgan fingerprint density at radius 2 is 1.81 bits per heavy atom. The van der Waals surface area contributed by atoms with Crippen molar-refractivity contribution in [3.63, 3.8) is 0 Å². The zero-order valence-corrected chi connectivity index (χ0v) is 15.4. The van der Waals surface area contributed by atoms with E-state index in [4.69, 9.17) is 4.74 Å². The molecule has 0 radical (unpaired) electrons. The second-order valence-electron chi connectivity index (χ2n) is 6.20. The van der Waals surface area contributed by atoms with Crippen LogP contribution in [0.25, 0.3) is 11.1 Å². The van der Waals surface area contributed by atoms with Gasteiger partial charge in [0.15, 0.2) is 11.6 Å². The predicted octanol–water partition coefficient (Wildman–Crippen LogP) is 3.65. The fourth-order valence-corrected chi connectivity index (χ4v) is 4.80. The van der Waals surface area contributed by atoms with Gasteiger partial charge in [-0.15, -0.1) is 0 Å². The maximum atomic E-state index is 14.0. The Bertz CT molecular complexity index is 1100. The second kappa shape index (κ2) is 6.66. The lowest BCUT2D eigenvalue weighted by atomic mass is 10.0. The Labute approximate surface area is 157 Å². The van der Waals surface area contributed by atoms with Crippen LogP contribution in [0.5, 0.6) is 5.75 Å². The number of rotatable bonds is 4. The first-order chi connectivity index (χ1) is 13.0. The van der Waals surface area contributed by atoms with Crippen LogP contribution in [0.15, 0.2) is 65.8 Å². The zero-order chi connectivity index (χ0) is 19.0. The lowest BCUT2D eigenvalue weighted by Crippen LogP contribution is -2.29. The van der Waals surface area contributed by atoms with E-state index in [-0.39, 0.29) is 10.6 Å². The molecule has 0 spiro atoms. The molecule has 0 aliphatic carbocycles. The number of fused-ring (bicyclic) bond motifs is 1. The molecule has 138 valence electrons. The molecule has 1 aromatic heterocycles. The van der Waals surface area contributed by atoms with Crippen LogP contribution < -0.4 is 9.04 Å². The number of sulfonamides is 1. The molecule has 0 atom stereocenters. The quantitative estimate of drug-likeness (QED) is 0.689. The summed E-state index contributed by atoms with van der Waals surface area (Å²) in [6.45, 7) is 0.325. The van der Waals surface area contributed by atoms with Crippen LogP contribution in [-0.2, 0) is 16.4 Å². The second-order valence-corrected chi connectivity index (χ2v) is 8.07. The highest BCUT2D eigenvalue weighted by Crippen LogP contribution is 2.36. The van der Waals surface area contributed by atoms with Gasteiger partial charge in [-0.05, 0) is 65.6 Å². The van der Waals surface area contributed by atoms with Crippen molar-refractivity contribution in [1.82, 2.24) is 4.98 Å². The van der Waals surface area contributed by atoms with Gasteiger partial charge in [0.25, 0.3) is 10.0 Å². The van der Waals surface area contributed by atoms with Crippen molar-refractivity contribution in [3.05, 3.63) is 72.3 Å². The number of hydrogen-bond donors (Lipinski definition) is 0. The Morgan fingerprint density at radius 1 is 1.04 bits per heavy atom. The third-order valence-electron chi connectivity index (χ3n) is 4.66. The normalized spacial score (nSPS) is 13.5. The predicted molar refractivity (Wildman–Crippen MR) is 101 cm³/mol. The monoisotopic (exact) mass is 384 g/mol. The van der Waals surface area contributed by atoms with Crippen molar-refractivity contribution in [2.24, 2.45) is 0 Å². The number of benzene rings is 2. The van der Waals surface area contributed by atoms with Gasteiger partial charge >= 0.3 is 0 Å². The number of aromatic nitrogens is 1. The minimum Gasteiger partial charge on any atom is -0.494 e. The summed E-state index contributed by atoms with van der Waals surface area (Å²) < 4.78 is 46.2. The van der Waals surface area contributed by atoms with Gasteiger partial charge in [0.05, 0.1) is 17.7 Å². The molecular formula is C20H17FN2O3S. The molecule has 3 aromatic rings. The molecule has 7 heteroatoms. The Balaban J connectivity index is 1.70. The fraction of sp³-hybridized carbons (Fsp3) is 0.150. The van der Waals surface area contributed by atoms with Crippen LogP contribution in [0.2, 0.25) is 0 Å². The van der Waals surface area contributed by atoms with Crippen molar-refractivity contribution in [3.8, 4) is 16.9 Å². The molecule has 0 amide bonds. The summed E-state index contributed by atoms with van der Waals surface area (Å²) in [6, 6.07) is 13.2. The highest BCUT2D eigenvalue weighted by atomic mass is 32.2. The molecule has 0 saturated heterocycles. The summed E-state index contributed by atoms with van der Waals surface area (Å²) >= 11 is 0. The largest absolute Gasteiger partial charge is 0.494 e. The standard InChI is InChI=1S/C20H17FN2O3S/c1-26-20-5-3-17(13-18(20)21)27(24,25)23-11-8-16-12-15(2-4-19(16)23)14-6-9-22-10-7-14/h2-7,9-10,12-13H,8,11H2,1H3. The van der Waals surface area contributed by atoms with Gasteiger partial charge in [-0.2, -0.15) is 0 Å². The van der Waals surface area contributed by atoms with E-state index in [1.165, 1.54) is 23.5 Å². The number of ether oxygens (including phenoxy) is 1. The summed E-state index contributed by atoms with van der Waals surface area (Å²) in [4.78, 5) is 3.92. The van der Waals surface area contributed by atoms with Crippen molar-refractivity contribution in [2.45, 2.75) is 11.3 Å². The smallest absolute Gasteiger partial charge is 0.264 e. The van der Waals surface area contributed by atoms with Gasteiger partial charge in [0, 0.05) is 18.9 Å². The summed E-state index contributed by atoms with van der Waals surface area (Å²) in [5.74, 6) is -0.691. The molecule has 1 aliphatic rings. The van der Waals surface area contributed by atoms with E-state index in [0.29, 0.717) is 18.7 Å². The molecule has 27 heavy (non-hydrogen) atoms. The molecular weight excluding hydrogens is 367 g/mol. The molecule has 2 aromatic carbocycles. The van der Waals surface area contributed by atoms with Gasteiger partial charge in [-0.1, -0.05) is 6.07 Å². The Morgan fingerprint density at radius 3 is 2.52 bits per heavy atom. The molecule has 1 aliphatic heterocycles. The van der Waals surface area contributed by atoms with E-state index in [1.54, 1.807) is 18.5 Å². The Hall–Kier alpha value is -2.93. The van der Waals surface area contributed by atoms with Gasteiger partial charge in [-0.25, -0.2) is 12.8 Å². The third kappa shape index (κ3) is 3.04. The number of nitrogens with zero attached hydrogens (tertiary/aromatic N) is 2. The minimum atomic E-state index is -3.85. The number of methoxy groups -OCH3 is 1. The van der Waals surface area contributed by atoms with Crippen LogP contribution in [0.1, 0.15) is 5.56 Å². The first-order valence-corrected chi connectivity index (χ1v) is 9.84. The van der Waals surface area contributed by atoms with Crippen molar-refractivity contribution >= 4 is 15.7 Å². The van der Waals surface area contributed by atoms with Crippen molar-refractivity contribution in [1.29, 1.82) is 0 Å². The third-order valence-corrected chi connectivity index (χ3v) is 6.47. The first kappa shape index (κ1) is 17.5. The van der Waals surface area contributed by atoms with Gasteiger partial charge < -0.3 is 4.74 Å². The van der Waals surface area contributed by atoms with Gasteiger partial charge in [-0.3, -0.25) is 9.29 Å². The zero-order valence-electron chi connectivity index (χ0n) is 14.6. The average molecular weight is 384 g/mol. The summed E-state index contributed by atoms with van der Waals surface area (Å²) in [5.41, 5.74) is 3.60. The van der Waals surface area contributed by atoms with Gasteiger partial charge in [0.2, 0.25) is 0 Å². The molecule has 0 unspecified atom stereocenters. The summed E-state index contributed by atoms with van der Waals surface area (Å²) in [5, 5.41) is 0. The lowest BCUT2D eigenvalue weighted by Gasteiger charge is -2.20. The Kier molecular flexibility index (Phi) is 4.31. The minimum absolute atomic E-state index is 0.0118. The molecule has 0 saturated carbocycles. The molecule has 2 heterocycles. The van der Waals surface area contributed by atoms with Crippen molar-refractivity contribution in [2.75, 3.05) is 18.0 Å². The molecule has 5 nitrogen and oxygen atoms in total. The van der Waals surface area contributed by atoms with E-state index in [0.717, 1.165) is 22.8 Å². The van der Waals surface area contributed by atoms with Crippen molar-refractivity contribution < 1.29 is 17.5 Å². The number of pyridine rings is 1. The maximum absolute atomic E-state index is 14.0. The highest BCUT2D eigenvalue weighted by Gasteiger charge is 2.31. The van der Waals surface area contributed by atoms with Crippen LogP contribution in [-0.4, -0.2) is 27.1 Å². The van der Waals surface area contributed by atoms with E-state index in [9.17, 15) is 12.8 Å². The highest BCUT2D eigenvalue weighted by molar-refractivity contribution is 7.92. The number of halogens is 1. The maximum Gasteiger partial charge on any atom is 0.264 e. The van der Waals surface area contributed by atoms with E-state index < -0.39 is 15.8 Å². The summed E-state index contributed by atoms with van der Waals surface area (Å²) in [7, 11) is -2.51. The SMILES string of the molecule is COc1ccc(S(=O)(=O)N2CCc3cc(-c4ccncc4)ccc32)cc1F. The van der Waals surface area contributed by atoms with Gasteiger partial charge in [0.1, 0.15) is 0 Å². The van der Waals surface area contributed by atoms with E-state index in [2.05, 4.69) is 4.98 Å².